The molecule has 4 rings (SSSR count). The van der Waals surface area contributed by atoms with Crippen LogP contribution in [0.1, 0.15) is 31.9 Å². The van der Waals surface area contributed by atoms with Crippen LogP contribution in [0.2, 0.25) is 5.02 Å². The Hall–Kier alpha value is -3.70. The molecule has 1 amide bonds. The fourth-order valence-corrected chi connectivity index (χ4v) is 4.17. The Labute approximate surface area is 210 Å². The molecule has 0 unspecified atom stereocenters. The highest BCUT2D eigenvalue weighted by Crippen LogP contribution is 2.41. The van der Waals surface area contributed by atoms with Crippen LogP contribution in [0.25, 0.3) is 27.7 Å². The molecule has 1 heterocycles. The van der Waals surface area contributed by atoms with Crippen LogP contribution < -0.4 is 14.8 Å². The lowest BCUT2D eigenvalue weighted by Gasteiger charge is -2.15. The van der Waals surface area contributed by atoms with Gasteiger partial charge in [0.05, 0.1) is 19.5 Å². The number of hydrogen-bond acceptors (Lipinski definition) is 4. The fourth-order valence-electron chi connectivity index (χ4n) is 4.05. The van der Waals surface area contributed by atoms with Gasteiger partial charge in [-0.1, -0.05) is 23.7 Å². The standard InChI is InChI=1S/C29H28ClNO4/c1-5-33-23-13-7-20(8-14-23)26-17-35-29-19(4)28(34-6-2)24(16-25(26)29)18(3)15-27(32)31-22-11-9-21(30)10-12-22/h7-17H,5-6H2,1-4H3,(H,31,32)/b18-15+. The Morgan fingerprint density at radius 3 is 2.37 bits per heavy atom. The number of furan rings is 1. The van der Waals surface area contributed by atoms with E-state index >= 15 is 0 Å². The summed E-state index contributed by atoms with van der Waals surface area (Å²) < 4.78 is 17.6. The number of fused-ring (bicyclic) bond motifs is 1. The summed E-state index contributed by atoms with van der Waals surface area (Å²) in [4.78, 5) is 12.7. The maximum atomic E-state index is 12.7. The van der Waals surface area contributed by atoms with Gasteiger partial charge in [-0.2, -0.15) is 0 Å². The van der Waals surface area contributed by atoms with Crippen molar-refractivity contribution < 1.29 is 18.7 Å². The molecular formula is C29H28ClNO4. The van der Waals surface area contributed by atoms with Gasteiger partial charge in [0, 0.05) is 38.9 Å². The van der Waals surface area contributed by atoms with E-state index in [2.05, 4.69) is 5.32 Å². The maximum absolute atomic E-state index is 12.7. The molecule has 0 bridgehead atoms. The quantitative estimate of drug-likeness (QED) is 0.255. The number of hydrogen-bond donors (Lipinski definition) is 1. The van der Waals surface area contributed by atoms with Gasteiger partial charge in [0.15, 0.2) is 0 Å². The summed E-state index contributed by atoms with van der Waals surface area (Å²) in [5, 5.41) is 4.44. The second-order valence-corrected chi connectivity index (χ2v) is 8.55. The summed E-state index contributed by atoms with van der Waals surface area (Å²) in [5.74, 6) is 1.30. The maximum Gasteiger partial charge on any atom is 0.248 e. The first-order valence-corrected chi connectivity index (χ1v) is 11.9. The monoisotopic (exact) mass is 489 g/mol. The van der Waals surface area contributed by atoms with Gasteiger partial charge < -0.3 is 19.2 Å². The first-order valence-electron chi connectivity index (χ1n) is 11.6. The van der Waals surface area contributed by atoms with E-state index in [9.17, 15) is 4.79 Å². The van der Waals surface area contributed by atoms with Gasteiger partial charge in [-0.25, -0.2) is 0 Å². The van der Waals surface area contributed by atoms with Crippen molar-refractivity contribution in [3.63, 3.8) is 0 Å². The zero-order valence-corrected chi connectivity index (χ0v) is 21.0. The van der Waals surface area contributed by atoms with E-state index in [-0.39, 0.29) is 5.91 Å². The Bertz CT molecular complexity index is 1370. The van der Waals surface area contributed by atoms with E-state index in [1.807, 2.05) is 58.0 Å². The highest BCUT2D eigenvalue weighted by Gasteiger charge is 2.19. The highest BCUT2D eigenvalue weighted by atomic mass is 35.5. The number of nitrogens with one attached hydrogen (secondary N) is 1. The van der Waals surface area contributed by atoms with Crippen molar-refractivity contribution in [2.75, 3.05) is 18.5 Å². The average Bonchev–Trinajstić information content (AvgIpc) is 3.27. The van der Waals surface area contributed by atoms with Crippen molar-refractivity contribution in [3.8, 4) is 22.6 Å². The van der Waals surface area contributed by atoms with E-state index < -0.39 is 0 Å². The van der Waals surface area contributed by atoms with Crippen LogP contribution >= 0.6 is 11.6 Å². The van der Waals surface area contributed by atoms with Gasteiger partial charge >= 0.3 is 0 Å². The van der Waals surface area contributed by atoms with E-state index in [1.54, 1.807) is 36.6 Å². The topological polar surface area (TPSA) is 60.7 Å². The number of anilines is 1. The van der Waals surface area contributed by atoms with Crippen molar-refractivity contribution in [2.24, 2.45) is 0 Å². The molecule has 6 heteroatoms. The fraction of sp³-hybridized carbons (Fsp3) is 0.207. The summed E-state index contributed by atoms with van der Waals surface area (Å²) >= 11 is 5.94. The van der Waals surface area contributed by atoms with Crippen molar-refractivity contribution in [1.82, 2.24) is 0 Å². The predicted octanol–water partition coefficient (Wildman–Crippen LogP) is 7.90. The summed E-state index contributed by atoms with van der Waals surface area (Å²) in [7, 11) is 0. The van der Waals surface area contributed by atoms with Gasteiger partial charge in [0.1, 0.15) is 17.1 Å². The molecule has 0 spiro atoms. The third-order valence-electron chi connectivity index (χ3n) is 5.69. The van der Waals surface area contributed by atoms with Gasteiger partial charge in [-0.05, 0) is 81.3 Å². The third kappa shape index (κ3) is 5.36. The van der Waals surface area contributed by atoms with E-state index in [1.165, 1.54) is 0 Å². The summed E-state index contributed by atoms with van der Waals surface area (Å²) in [5.41, 5.74) is 5.94. The molecule has 5 nitrogen and oxygen atoms in total. The average molecular weight is 490 g/mol. The predicted molar refractivity (Wildman–Crippen MR) is 142 cm³/mol. The summed E-state index contributed by atoms with van der Waals surface area (Å²) in [6, 6.07) is 17.0. The number of ether oxygens (including phenoxy) is 2. The minimum absolute atomic E-state index is 0.232. The van der Waals surface area contributed by atoms with Crippen LogP contribution in [0.3, 0.4) is 0 Å². The number of rotatable bonds is 8. The summed E-state index contributed by atoms with van der Waals surface area (Å²) in [6.07, 6.45) is 3.34. The van der Waals surface area contributed by atoms with Crippen LogP contribution in [-0.4, -0.2) is 19.1 Å². The molecule has 0 saturated carbocycles. The van der Waals surface area contributed by atoms with E-state index in [4.69, 9.17) is 25.5 Å². The molecule has 0 atom stereocenters. The number of allylic oxidation sites excluding steroid dienone is 1. The lowest BCUT2D eigenvalue weighted by Crippen LogP contribution is -2.08. The zero-order valence-electron chi connectivity index (χ0n) is 20.3. The molecule has 35 heavy (non-hydrogen) atoms. The van der Waals surface area contributed by atoms with Crippen LogP contribution in [0.4, 0.5) is 5.69 Å². The lowest BCUT2D eigenvalue weighted by molar-refractivity contribution is -0.111. The first kappa shape index (κ1) is 24.4. The molecule has 0 fully saturated rings. The number of aryl methyl sites for hydroxylation is 1. The van der Waals surface area contributed by atoms with Crippen LogP contribution in [0.15, 0.2) is 71.4 Å². The molecule has 0 aliphatic carbocycles. The smallest absolute Gasteiger partial charge is 0.248 e. The van der Waals surface area contributed by atoms with Gasteiger partial charge in [0.2, 0.25) is 5.91 Å². The normalized spacial score (nSPS) is 11.5. The van der Waals surface area contributed by atoms with Crippen LogP contribution in [-0.2, 0) is 4.79 Å². The van der Waals surface area contributed by atoms with Crippen LogP contribution in [0.5, 0.6) is 11.5 Å². The second kappa shape index (κ2) is 10.7. The van der Waals surface area contributed by atoms with E-state index in [0.29, 0.717) is 29.7 Å². The SMILES string of the molecule is CCOc1ccc(-c2coc3c(C)c(OCC)c(/C(C)=C/C(=O)Nc4ccc(Cl)cc4)cc23)cc1. The number of benzene rings is 3. The number of carbonyl (C=O) groups is 1. The second-order valence-electron chi connectivity index (χ2n) is 8.12. The van der Waals surface area contributed by atoms with Gasteiger partial charge in [-0.15, -0.1) is 0 Å². The van der Waals surface area contributed by atoms with E-state index in [0.717, 1.165) is 44.5 Å². The Morgan fingerprint density at radius 2 is 1.71 bits per heavy atom. The Morgan fingerprint density at radius 1 is 1.03 bits per heavy atom. The Kier molecular flexibility index (Phi) is 7.47. The molecule has 1 aromatic heterocycles. The number of carbonyl (C=O) groups excluding carboxylic acids is 1. The van der Waals surface area contributed by atoms with Crippen molar-refractivity contribution in [2.45, 2.75) is 27.7 Å². The zero-order chi connectivity index (χ0) is 24.9. The minimum Gasteiger partial charge on any atom is -0.494 e. The molecule has 0 aliphatic heterocycles. The molecular weight excluding hydrogens is 462 g/mol. The first-order chi connectivity index (χ1) is 16.9. The van der Waals surface area contributed by atoms with Crippen LogP contribution in [0, 0.1) is 6.92 Å². The lowest BCUT2D eigenvalue weighted by atomic mass is 9.96. The highest BCUT2D eigenvalue weighted by molar-refractivity contribution is 6.30. The molecule has 0 aliphatic rings. The molecule has 4 aromatic rings. The van der Waals surface area contributed by atoms with Gasteiger partial charge in [0.25, 0.3) is 0 Å². The van der Waals surface area contributed by atoms with Gasteiger partial charge in [-0.3, -0.25) is 4.79 Å². The Balaban J connectivity index is 1.74. The molecule has 0 saturated heterocycles. The number of amides is 1. The molecule has 180 valence electrons. The minimum atomic E-state index is -0.232. The van der Waals surface area contributed by atoms with Crippen molar-refractivity contribution in [3.05, 3.63) is 83.1 Å². The molecule has 3 aromatic carbocycles. The third-order valence-corrected chi connectivity index (χ3v) is 5.95. The van der Waals surface area contributed by atoms with Crippen molar-refractivity contribution in [1.29, 1.82) is 0 Å². The molecule has 0 radical (unpaired) electrons. The largest absolute Gasteiger partial charge is 0.494 e. The number of halogens is 1. The van der Waals surface area contributed by atoms with Crippen molar-refractivity contribution >= 4 is 39.7 Å². The summed E-state index contributed by atoms with van der Waals surface area (Å²) in [6.45, 7) is 8.89. The molecule has 1 N–H and O–H groups in total.